The lowest BCUT2D eigenvalue weighted by atomic mass is 10.2. The van der Waals surface area contributed by atoms with Crippen molar-refractivity contribution in [2.45, 2.75) is 20.0 Å². The summed E-state index contributed by atoms with van der Waals surface area (Å²) in [4.78, 5) is 26.5. The quantitative estimate of drug-likeness (QED) is 0.497. The fourth-order valence-corrected chi connectivity index (χ4v) is 3.26. The van der Waals surface area contributed by atoms with Crippen LogP contribution >= 0.6 is 15.9 Å². The van der Waals surface area contributed by atoms with E-state index in [9.17, 15) is 14.0 Å². The third kappa shape index (κ3) is 5.54. The number of halogens is 2. The zero-order valence-corrected chi connectivity index (χ0v) is 18.0. The Labute approximate surface area is 182 Å². The summed E-state index contributed by atoms with van der Waals surface area (Å²) in [6.45, 7) is 2.69. The van der Waals surface area contributed by atoms with Gasteiger partial charge in [-0.15, -0.1) is 0 Å². The maximum Gasteiger partial charge on any atom is 0.274 e. The van der Waals surface area contributed by atoms with E-state index in [1.165, 1.54) is 27.8 Å². The molecule has 0 N–H and O–H groups in total. The molecule has 1 heterocycles. The summed E-state index contributed by atoms with van der Waals surface area (Å²) in [5.41, 5.74) is 0.181. The van der Waals surface area contributed by atoms with Gasteiger partial charge in [0.05, 0.1) is 6.54 Å². The second kappa shape index (κ2) is 10.2. The van der Waals surface area contributed by atoms with Gasteiger partial charge in [-0.25, -0.2) is 9.07 Å². The summed E-state index contributed by atoms with van der Waals surface area (Å²) >= 11 is 3.32. The number of hydrogen-bond acceptors (Lipinski definition) is 4. The number of carbonyl (C=O) groups excluding carboxylic acids is 1. The Morgan fingerprint density at radius 2 is 1.93 bits per heavy atom. The monoisotopic (exact) mass is 473 g/mol. The van der Waals surface area contributed by atoms with Gasteiger partial charge in [0.2, 0.25) is 0 Å². The van der Waals surface area contributed by atoms with Crippen LogP contribution in [-0.4, -0.2) is 33.7 Å². The first-order valence-corrected chi connectivity index (χ1v) is 10.3. The SMILES string of the molecule is CCN(Cc1cc(Br)ccc1F)C(=O)c1ccc(=O)n(CCOc2ccccc2)n1. The second-order valence-corrected chi connectivity index (χ2v) is 7.41. The molecule has 0 bridgehead atoms. The minimum Gasteiger partial charge on any atom is -0.492 e. The highest BCUT2D eigenvalue weighted by Crippen LogP contribution is 2.18. The van der Waals surface area contributed by atoms with Crippen LogP contribution in [0, 0.1) is 5.82 Å². The van der Waals surface area contributed by atoms with Crippen molar-refractivity contribution in [1.29, 1.82) is 0 Å². The fraction of sp³-hybridized carbons (Fsp3) is 0.227. The molecule has 0 aliphatic rings. The Kier molecular flexibility index (Phi) is 7.35. The molecule has 156 valence electrons. The highest BCUT2D eigenvalue weighted by atomic mass is 79.9. The first-order valence-electron chi connectivity index (χ1n) is 9.47. The van der Waals surface area contributed by atoms with E-state index >= 15 is 0 Å². The summed E-state index contributed by atoms with van der Waals surface area (Å²) in [7, 11) is 0. The number of para-hydroxylation sites is 1. The molecule has 1 amide bonds. The zero-order chi connectivity index (χ0) is 21.5. The van der Waals surface area contributed by atoms with Crippen LogP contribution in [-0.2, 0) is 13.1 Å². The molecule has 2 aromatic carbocycles. The van der Waals surface area contributed by atoms with E-state index in [0.29, 0.717) is 17.9 Å². The van der Waals surface area contributed by atoms with E-state index in [1.54, 1.807) is 19.1 Å². The Hall–Kier alpha value is -3.00. The summed E-state index contributed by atoms with van der Waals surface area (Å²) in [6.07, 6.45) is 0. The molecule has 0 fully saturated rings. The molecule has 30 heavy (non-hydrogen) atoms. The van der Waals surface area contributed by atoms with Crippen molar-refractivity contribution in [3.63, 3.8) is 0 Å². The molecule has 0 spiro atoms. The number of amides is 1. The summed E-state index contributed by atoms with van der Waals surface area (Å²) < 4.78 is 21.6. The molecular formula is C22H21BrFN3O3. The smallest absolute Gasteiger partial charge is 0.274 e. The van der Waals surface area contributed by atoms with Crippen LogP contribution in [0.3, 0.4) is 0 Å². The summed E-state index contributed by atoms with van der Waals surface area (Å²) in [5, 5.41) is 4.18. The van der Waals surface area contributed by atoms with Crippen LogP contribution in [0.15, 0.2) is 69.9 Å². The van der Waals surface area contributed by atoms with E-state index in [1.807, 2.05) is 30.3 Å². The van der Waals surface area contributed by atoms with Crippen molar-refractivity contribution >= 4 is 21.8 Å². The van der Waals surface area contributed by atoms with Crippen molar-refractivity contribution in [2.24, 2.45) is 0 Å². The number of hydrogen-bond donors (Lipinski definition) is 0. The van der Waals surface area contributed by atoms with Crippen LogP contribution in [0.25, 0.3) is 0 Å². The Balaban J connectivity index is 1.72. The molecule has 0 aliphatic heterocycles. The van der Waals surface area contributed by atoms with Crippen molar-refractivity contribution in [2.75, 3.05) is 13.2 Å². The van der Waals surface area contributed by atoms with Gasteiger partial charge in [0.25, 0.3) is 11.5 Å². The number of carbonyl (C=O) groups is 1. The molecule has 1 aromatic heterocycles. The Bertz CT molecular complexity index is 1070. The normalized spacial score (nSPS) is 10.6. The molecule has 8 heteroatoms. The topological polar surface area (TPSA) is 64.4 Å². The van der Waals surface area contributed by atoms with E-state index in [0.717, 1.165) is 4.47 Å². The lowest BCUT2D eigenvalue weighted by Gasteiger charge is -2.21. The number of benzene rings is 2. The standard InChI is InChI=1S/C22H21BrFN3O3/c1-2-26(15-16-14-17(23)8-9-19(16)24)22(29)20-10-11-21(28)27(25-20)12-13-30-18-6-4-3-5-7-18/h3-11,14H,2,12-13,15H2,1H3. The largest absolute Gasteiger partial charge is 0.492 e. The van der Waals surface area contributed by atoms with Crippen molar-refractivity contribution in [1.82, 2.24) is 14.7 Å². The molecule has 0 aliphatic carbocycles. The van der Waals surface area contributed by atoms with E-state index in [4.69, 9.17) is 4.74 Å². The van der Waals surface area contributed by atoms with Gasteiger partial charge in [-0.1, -0.05) is 34.1 Å². The Morgan fingerprint density at radius 1 is 1.17 bits per heavy atom. The minimum absolute atomic E-state index is 0.0958. The van der Waals surface area contributed by atoms with Crippen LogP contribution < -0.4 is 10.3 Å². The van der Waals surface area contributed by atoms with E-state index < -0.39 is 0 Å². The molecule has 0 saturated carbocycles. The third-order valence-corrected chi connectivity index (χ3v) is 4.93. The first-order chi connectivity index (χ1) is 14.5. The van der Waals surface area contributed by atoms with Gasteiger partial charge < -0.3 is 9.64 Å². The van der Waals surface area contributed by atoms with Gasteiger partial charge in [0, 0.05) is 29.2 Å². The minimum atomic E-state index is -0.388. The molecule has 0 saturated heterocycles. The third-order valence-electron chi connectivity index (χ3n) is 4.44. The summed E-state index contributed by atoms with van der Waals surface area (Å²) in [5.74, 6) is -0.0824. The van der Waals surface area contributed by atoms with Crippen LogP contribution in [0.4, 0.5) is 4.39 Å². The van der Waals surface area contributed by atoms with Crippen molar-refractivity contribution in [3.8, 4) is 5.75 Å². The second-order valence-electron chi connectivity index (χ2n) is 6.50. The molecule has 0 unspecified atom stereocenters. The average Bonchev–Trinajstić information content (AvgIpc) is 2.76. The Morgan fingerprint density at radius 3 is 2.67 bits per heavy atom. The highest BCUT2D eigenvalue weighted by Gasteiger charge is 2.19. The first kappa shape index (κ1) is 21.7. The molecule has 3 rings (SSSR count). The number of aromatic nitrogens is 2. The highest BCUT2D eigenvalue weighted by molar-refractivity contribution is 9.10. The zero-order valence-electron chi connectivity index (χ0n) is 16.4. The molecule has 0 radical (unpaired) electrons. The van der Waals surface area contributed by atoms with Gasteiger partial charge in [-0.05, 0) is 43.3 Å². The van der Waals surface area contributed by atoms with E-state index in [2.05, 4.69) is 21.0 Å². The predicted molar refractivity (Wildman–Crippen MR) is 115 cm³/mol. The predicted octanol–water partition coefficient (Wildman–Crippen LogP) is 3.89. The molecule has 6 nitrogen and oxygen atoms in total. The molecular weight excluding hydrogens is 453 g/mol. The molecule has 3 aromatic rings. The summed E-state index contributed by atoms with van der Waals surface area (Å²) in [6, 6.07) is 16.5. The van der Waals surface area contributed by atoms with Gasteiger partial charge in [-0.2, -0.15) is 5.10 Å². The maximum atomic E-state index is 14.1. The van der Waals surface area contributed by atoms with Gasteiger partial charge >= 0.3 is 0 Å². The van der Waals surface area contributed by atoms with Gasteiger partial charge in [0.15, 0.2) is 0 Å². The fourth-order valence-electron chi connectivity index (χ4n) is 2.85. The van der Waals surface area contributed by atoms with Crippen LogP contribution in [0.1, 0.15) is 23.0 Å². The van der Waals surface area contributed by atoms with E-state index in [-0.39, 0.29) is 42.7 Å². The molecule has 0 atom stereocenters. The lowest BCUT2D eigenvalue weighted by Crippen LogP contribution is -2.34. The van der Waals surface area contributed by atoms with Crippen molar-refractivity contribution in [3.05, 3.63) is 92.6 Å². The number of nitrogens with zero attached hydrogens (tertiary/aromatic N) is 3. The maximum absolute atomic E-state index is 14.1. The lowest BCUT2D eigenvalue weighted by molar-refractivity contribution is 0.0741. The number of rotatable bonds is 8. The number of ether oxygens (including phenoxy) is 1. The van der Waals surface area contributed by atoms with Crippen LogP contribution in [0.2, 0.25) is 0 Å². The van der Waals surface area contributed by atoms with Crippen molar-refractivity contribution < 1.29 is 13.9 Å². The van der Waals surface area contributed by atoms with Crippen LogP contribution in [0.5, 0.6) is 5.75 Å². The van der Waals surface area contributed by atoms with Gasteiger partial charge in [0.1, 0.15) is 23.9 Å². The van der Waals surface area contributed by atoms with Gasteiger partial charge in [-0.3, -0.25) is 9.59 Å². The average molecular weight is 474 g/mol.